The molecule has 5 heteroatoms. The summed E-state index contributed by atoms with van der Waals surface area (Å²) in [5.74, 6) is -0.454. The summed E-state index contributed by atoms with van der Waals surface area (Å²) in [5, 5.41) is 2.61. The smallest absolute Gasteiger partial charge is 0.316 e. The predicted octanol–water partition coefficient (Wildman–Crippen LogP) is 4.14. The second kappa shape index (κ2) is 5.25. The van der Waals surface area contributed by atoms with Crippen LogP contribution < -0.4 is 5.32 Å². The van der Waals surface area contributed by atoms with Crippen molar-refractivity contribution in [2.24, 2.45) is 0 Å². The van der Waals surface area contributed by atoms with E-state index in [9.17, 15) is 9.18 Å². The number of carbonyl (C=O) groups is 1. The fraction of sp³-hybridized carbons (Fsp3) is 0.133. The maximum Gasteiger partial charge on any atom is 0.322 e. The highest BCUT2D eigenvalue weighted by atomic mass is 79.9. The zero-order valence-electron chi connectivity index (χ0n) is 10.6. The molecule has 1 heterocycles. The molecule has 0 saturated heterocycles. The number of nitrogens with zero attached hydrogens (tertiary/aromatic N) is 1. The minimum Gasteiger partial charge on any atom is -0.316 e. The van der Waals surface area contributed by atoms with E-state index in [0.29, 0.717) is 17.6 Å². The number of hydrogen-bond donors (Lipinski definition) is 1. The van der Waals surface area contributed by atoms with Gasteiger partial charge in [-0.15, -0.1) is 0 Å². The first-order chi connectivity index (χ1) is 9.63. The number of urea groups is 1. The maximum atomic E-state index is 13.7. The Kier molecular flexibility index (Phi) is 3.44. The van der Waals surface area contributed by atoms with Gasteiger partial charge in [-0.25, -0.2) is 9.18 Å². The van der Waals surface area contributed by atoms with Gasteiger partial charge in [0.2, 0.25) is 0 Å². The fourth-order valence-electron chi connectivity index (χ4n) is 2.26. The number of fused-ring (bicyclic) bond motifs is 1. The van der Waals surface area contributed by atoms with Crippen molar-refractivity contribution >= 4 is 27.6 Å². The monoisotopic (exact) mass is 334 g/mol. The van der Waals surface area contributed by atoms with Gasteiger partial charge < -0.3 is 10.2 Å². The topological polar surface area (TPSA) is 32.3 Å². The largest absolute Gasteiger partial charge is 0.322 e. The van der Waals surface area contributed by atoms with Crippen LogP contribution in [-0.2, 0) is 13.1 Å². The number of rotatable bonds is 1. The van der Waals surface area contributed by atoms with Gasteiger partial charge in [-0.3, -0.25) is 0 Å². The molecule has 2 aromatic carbocycles. The van der Waals surface area contributed by atoms with Crippen LogP contribution in [0.15, 0.2) is 46.9 Å². The van der Waals surface area contributed by atoms with Crippen molar-refractivity contribution in [3.05, 3.63) is 63.9 Å². The van der Waals surface area contributed by atoms with Crippen LogP contribution in [0.3, 0.4) is 0 Å². The van der Waals surface area contributed by atoms with Crippen LogP contribution in [0.1, 0.15) is 11.1 Å². The van der Waals surface area contributed by atoms with Crippen molar-refractivity contribution in [3.63, 3.8) is 0 Å². The molecular formula is C15H12BrFN2O. The Morgan fingerprint density at radius 3 is 2.40 bits per heavy atom. The van der Waals surface area contributed by atoms with Crippen LogP contribution in [-0.4, -0.2) is 10.9 Å². The Balaban J connectivity index is 1.72. The zero-order valence-corrected chi connectivity index (χ0v) is 12.2. The van der Waals surface area contributed by atoms with Crippen LogP contribution in [0.2, 0.25) is 0 Å². The first-order valence-corrected chi connectivity index (χ1v) is 7.00. The number of carbonyl (C=O) groups excluding carboxylic acids is 1. The highest BCUT2D eigenvalue weighted by Crippen LogP contribution is 2.24. The summed E-state index contributed by atoms with van der Waals surface area (Å²) < 4.78 is 14.3. The quantitative estimate of drug-likeness (QED) is 0.835. The number of hydrogen-bond acceptors (Lipinski definition) is 1. The highest BCUT2D eigenvalue weighted by molar-refractivity contribution is 9.10. The molecule has 0 spiro atoms. The van der Waals surface area contributed by atoms with E-state index in [1.165, 1.54) is 6.07 Å². The summed E-state index contributed by atoms with van der Waals surface area (Å²) in [5.41, 5.74) is 2.46. The molecule has 1 aliphatic rings. The molecule has 3 nitrogen and oxygen atoms in total. The van der Waals surface area contributed by atoms with Gasteiger partial charge in [0.15, 0.2) is 0 Å². The van der Waals surface area contributed by atoms with Gasteiger partial charge in [0.05, 0.1) is 5.69 Å². The Morgan fingerprint density at radius 1 is 1.15 bits per heavy atom. The number of halogens is 2. The van der Waals surface area contributed by atoms with Crippen molar-refractivity contribution in [1.29, 1.82) is 0 Å². The molecule has 102 valence electrons. The molecule has 2 amide bonds. The molecule has 1 N–H and O–H groups in total. The van der Waals surface area contributed by atoms with Gasteiger partial charge in [0.25, 0.3) is 0 Å². The zero-order chi connectivity index (χ0) is 14.1. The lowest BCUT2D eigenvalue weighted by Gasteiger charge is -2.16. The van der Waals surface area contributed by atoms with Gasteiger partial charge in [-0.1, -0.05) is 40.2 Å². The van der Waals surface area contributed by atoms with Crippen molar-refractivity contribution in [2.45, 2.75) is 13.1 Å². The predicted molar refractivity (Wildman–Crippen MR) is 78.8 cm³/mol. The Labute approximate surface area is 124 Å². The molecule has 0 atom stereocenters. The Morgan fingerprint density at radius 2 is 1.80 bits per heavy atom. The third-order valence-corrected chi connectivity index (χ3v) is 3.79. The molecule has 1 aliphatic heterocycles. The summed E-state index contributed by atoms with van der Waals surface area (Å²) >= 11 is 3.19. The van der Waals surface area contributed by atoms with Gasteiger partial charge in [-0.05, 0) is 29.3 Å². The second-order valence-electron chi connectivity index (χ2n) is 4.68. The molecular weight excluding hydrogens is 323 g/mol. The lowest BCUT2D eigenvalue weighted by Crippen LogP contribution is -2.30. The van der Waals surface area contributed by atoms with Gasteiger partial charge in [-0.2, -0.15) is 0 Å². The summed E-state index contributed by atoms with van der Waals surface area (Å²) in [6.07, 6.45) is 0. The number of anilines is 1. The van der Waals surface area contributed by atoms with Crippen LogP contribution in [0.25, 0.3) is 0 Å². The molecule has 0 radical (unpaired) electrons. The molecule has 0 unspecified atom stereocenters. The summed E-state index contributed by atoms with van der Waals surface area (Å²) in [6.45, 7) is 1.11. The van der Waals surface area contributed by atoms with Crippen LogP contribution in [0.4, 0.5) is 14.9 Å². The SMILES string of the molecule is O=C(Nc1ccc(Br)cc1F)N1Cc2ccccc2C1. The lowest BCUT2D eigenvalue weighted by atomic mass is 10.1. The van der Waals surface area contributed by atoms with Crippen molar-refractivity contribution in [2.75, 3.05) is 5.32 Å². The summed E-state index contributed by atoms with van der Waals surface area (Å²) in [6, 6.07) is 12.2. The van der Waals surface area contributed by atoms with Gasteiger partial charge >= 0.3 is 6.03 Å². The van der Waals surface area contributed by atoms with Crippen molar-refractivity contribution < 1.29 is 9.18 Å². The van der Waals surface area contributed by atoms with Crippen molar-refractivity contribution in [3.8, 4) is 0 Å². The molecule has 0 aliphatic carbocycles. The van der Waals surface area contributed by atoms with E-state index >= 15 is 0 Å². The average molecular weight is 335 g/mol. The normalized spacial score (nSPS) is 13.2. The first kappa shape index (κ1) is 13.1. The van der Waals surface area contributed by atoms with E-state index in [2.05, 4.69) is 21.2 Å². The van der Waals surface area contributed by atoms with Crippen LogP contribution >= 0.6 is 15.9 Å². The lowest BCUT2D eigenvalue weighted by molar-refractivity contribution is 0.212. The first-order valence-electron chi connectivity index (χ1n) is 6.21. The van der Waals surface area contributed by atoms with E-state index < -0.39 is 5.82 Å². The molecule has 20 heavy (non-hydrogen) atoms. The highest BCUT2D eigenvalue weighted by Gasteiger charge is 2.23. The Bertz CT molecular complexity index is 650. The van der Waals surface area contributed by atoms with Crippen LogP contribution in [0.5, 0.6) is 0 Å². The number of amides is 2. The number of nitrogens with one attached hydrogen (secondary N) is 1. The molecule has 0 bridgehead atoms. The van der Waals surface area contributed by atoms with Crippen molar-refractivity contribution in [1.82, 2.24) is 4.90 Å². The van der Waals surface area contributed by atoms with E-state index in [0.717, 1.165) is 11.1 Å². The summed E-state index contributed by atoms with van der Waals surface area (Å²) in [7, 11) is 0. The minimum atomic E-state index is -0.454. The fourth-order valence-corrected chi connectivity index (χ4v) is 2.60. The molecule has 0 fully saturated rings. The van der Waals surface area contributed by atoms with Gasteiger partial charge in [0.1, 0.15) is 5.82 Å². The standard InChI is InChI=1S/C15H12BrFN2O/c16-12-5-6-14(13(17)7-12)18-15(20)19-8-10-3-1-2-4-11(10)9-19/h1-7H,8-9H2,(H,18,20). The minimum absolute atomic E-state index is 0.189. The van der Waals surface area contributed by atoms with E-state index in [1.807, 2.05) is 24.3 Å². The third kappa shape index (κ3) is 2.54. The van der Waals surface area contributed by atoms with Gasteiger partial charge in [0, 0.05) is 17.6 Å². The molecule has 0 saturated carbocycles. The van der Waals surface area contributed by atoms with E-state index in [1.54, 1.807) is 17.0 Å². The second-order valence-corrected chi connectivity index (χ2v) is 5.59. The molecule has 3 rings (SSSR count). The summed E-state index contributed by atoms with van der Waals surface area (Å²) in [4.78, 5) is 13.8. The Hall–Kier alpha value is -1.88. The third-order valence-electron chi connectivity index (χ3n) is 3.30. The maximum absolute atomic E-state index is 13.7. The van der Waals surface area contributed by atoms with E-state index in [-0.39, 0.29) is 11.7 Å². The number of benzene rings is 2. The molecule has 2 aromatic rings. The molecule has 0 aromatic heterocycles. The van der Waals surface area contributed by atoms with Crippen LogP contribution in [0, 0.1) is 5.82 Å². The van der Waals surface area contributed by atoms with E-state index in [4.69, 9.17) is 0 Å². The average Bonchev–Trinajstić information content (AvgIpc) is 2.86.